The van der Waals surface area contributed by atoms with Crippen LogP contribution in [-0.4, -0.2) is 22.7 Å². The van der Waals surface area contributed by atoms with Gasteiger partial charge in [-0.15, -0.1) is 0 Å². The lowest BCUT2D eigenvalue weighted by Gasteiger charge is -2.10. The number of carboxylic acid groups (broad SMARTS) is 1. The molecular formula is C30H30N2O4. The number of aryl methyl sites for hydroxylation is 2. The van der Waals surface area contributed by atoms with Crippen molar-refractivity contribution in [3.8, 4) is 17.2 Å². The van der Waals surface area contributed by atoms with Crippen molar-refractivity contribution < 1.29 is 19.1 Å². The summed E-state index contributed by atoms with van der Waals surface area (Å²) in [6, 6.07) is 24.4. The number of ether oxygens (including phenoxy) is 1. The lowest BCUT2D eigenvalue weighted by Crippen LogP contribution is -2.04. The van der Waals surface area contributed by atoms with Gasteiger partial charge in [-0.05, 0) is 78.8 Å². The number of carbonyl (C=O) groups is 1. The minimum absolute atomic E-state index is 0.108. The SMILES string of the molecule is Cc1oc(-c2ccc(NCc3ccccc3)cc2)nc1CCOc1ccc2c(c1)CC[C@H]2CC(=O)O. The van der Waals surface area contributed by atoms with Gasteiger partial charge in [0.15, 0.2) is 0 Å². The summed E-state index contributed by atoms with van der Waals surface area (Å²) in [5.74, 6) is 1.58. The van der Waals surface area contributed by atoms with E-state index in [2.05, 4.69) is 17.4 Å². The molecule has 5 rings (SSSR count). The number of anilines is 1. The first kappa shape index (κ1) is 23.7. The Labute approximate surface area is 211 Å². The monoisotopic (exact) mass is 482 g/mol. The molecule has 6 nitrogen and oxygen atoms in total. The van der Waals surface area contributed by atoms with Crippen molar-refractivity contribution in [3.63, 3.8) is 0 Å². The predicted molar refractivity (Wildman–Crippen MR) is 139 cm³/mol. The summed E-state index contributed by atoms with van der Waals surface area (Å²) in [5, 5.41) is 12.5. The van der Waals surface area contributed by atoms with Gasteiger partial charge in [-0.1, -0.05) is 36.4 Å². The van der Waals surface area contributed by atoms with Gasteiger partial charge >= 0.3 is 5.97 Å². The molecule has 1 aromatic heterocycles. The Kier molecular flexibility index (Phi) is 7.03. The molecule has 184 valence electrons. The first-order valence-corrected chi connectivity index (χ1v) is 12.4. The van der Waals surface area contributed by atoms with Crippen LogP contribution in [0, 0.1) is 6.92 Å². The van der Waals surface area contributed by atoms with Crippen LogP contribution in [0.25, 0.3) is 11.5 Å². The summed E-state index contributed by atoms with van der Waals surface area (Å²) in [4.78, 5) is 15.8. The molecule has 0 saturated carbocycles. The normalized spacial score (nSPS) is 14.4. The maximum absolute atomic E-state index is 11.1. The molecular weight excluding hydrogens is 452 g/mol. The van der Waals surface area contributed by atoms with Crippen LogP contribution >= 0.6 is 0 Å². The first-order chi connectivity index (χ1) is 17.5. The average Bonchev–Trinajstić information content (AvgIpc) is 3.46. The first-order valence-electron chi connectivity index (χ1n) is 12.4. The lowest BCUT2D eigenvalue weighted by molar-refractivity contribution is -0.137. The molecule has 36 heavy (non-hydrogen) atoms. The van der Waals surface area contributed by atoms with E-state index in [0.717, 1.165) is 53.4 Å². The molecule has 1 aliphatic carbocycles. The number of hydrogen-bond donors (Lipinski definition) is 2. The molecule has 6 heteroatoms. The fourth-order valence-electron chi connectivity index (χ4n) is 4.77. The maximum Gasteiger partial charge on any atom is 0.303 e. The topological polar surface area (TPSA) is 84.6 Å². The quantitative estimate of drug-likeness (QED) is 0.273. The fraction of sp³-hybridized carbons (Fsp3) is 0.267. The van der Waals surface area contributed by atoms with E-state index in [-0.39, 0.29) is 12.3 Å². The Balaban J connectivity index is 1.15. The molecule has 0 amide bonds. The largest absolute Gasteiger partial charge is 0.493 e. The Morgan fingerprint density at radius 3 is 2.69 bits per heavy atom. The molecule has 0 spiro atoms. The van der Waals surface area contributed by atoms with Crippen LogP contribution in [0.3, 0.4) is 0 Å². The smallest absolute Gasteiger partial charge is 0.303 e. The van der Waals surface area contributed by atoms with E-state index in [0.29, 0.717) is 18.9 Å². The molecule has 3 aromatic carbocycles. The standard InChI is InChI=1S/C30H30N2O4/c1-20-28(15-16-35-26-13-14-27-23(17-26)7-8-24(27)18-29(33)34)32-30(36-20)22-9-11-25(12-10-22)31-19-21-5-3-2-4-6-21/h2-6,9-14,17,24,31H,7-8,15-16,18-19H2,1H3,(H,33,34)/t24-/m0/s1. The van der Waals surface area contributed by atoms with Gasteiger partial charge in [0, 0.05) is 24.2 Å². The zero-order valence-corrected chi connectivity index (χ0v) is 20.4. The molecule has 1 heterocycles. The zero-order valence-electron chi connectivity index (χ0n) is 20.4. The summed E-state index contributed by atoms with van der Waals surface area (Å²) in [5.41, 5.74) is 6.44. The number of fused-ring (bicyclic) bond motifs is 1. The highest BCUT2D eigenvalue weighted by Gasteiger charge is 2.25. The van der Waals surface area contributed by atoms with Crippen molar-refractivity contribution in [3.05, 3.63) is 101 Å². The summed E-state index contributed by atoms with van der Waals surface area (Å²) in [6.45, 7) is 3.20. The van der Waals surface area contributed by atoms with Crippen LogP contribution in [0.15, 0.2) is 77.2 Å². The van der Waals surface area contributed by atoms with Gasteiger partial charge in [0.05, 0.1) is 18.7 Å². The molecule has 0 radical (unpaired) electrons. The highest BCUT2D eigenvalue weighted by atomic mass is 16.5. The summed E-state index contributed by atoms with van der Waals surface area (Å²) in [6.07, 6.45) is 2.62. The molecule has 0 fully saturated rings. The number of oxazole rings is 1. The Hall–Kier alpha value is -4.06. The van der Waals surface area contributed by atoms with Crippen LogP contribution < -0.4 is 10.1 Å². The third-order valence-corrected chi connectivity index (χ3v) is 6.71. The van der Waals surface area contributed by atoms with Gasteiger partial charge in [-0.3, -0.25) is 4.79 Å². The third-order valence-electron chi connectivity index (χ3n) is 6.71. The van der Waals surface area contributed by atoms with E-state index in [4.69, 9.17) is 19.2 Å². The molecule has 1 aliphatic rings. The fourth-order valence-corrected chi connectivity index (χ4v) is 4.77. The highest BCUT2D eigenvalue weighted by Crippen LogP contribution is 2.37. The number of nitrogens with zero attached hydrogens (tertiary/aromatic N) is 1. The lowest BCUT2D eigenvalue weighted by atomic mass is 9.98. The van der Waals surface area contributed by atoms with Crippen LogP contribution in [0.5, 0.6) is 5.75 Å². The highest BCUT2D eigenvalue weighted by molar-refractivity contribution is 5.68. The van der Waals surface area contributed by atoms with E-state index in [1.54, 1.807) is 0 Å². The van der Waals surface area contributed by atoms with Crippen LogP contribution in [-0.2, 0) is 24.2 Å². The second kappa shape index (κ2) is 10.7. The number of aliphatic carboxylic acids is 1. The van der Waals surface area contributed by atoms with Crippen LogP contribution in [0.2, 0.25) is 0 Å². The van der Waals surface area contributed by atoms with Crippen molar-refractivity contribution in [2.45, 2.75) is 45.1 Å². The predicted octanol–water partition coefficient (Wildman–Crippen LogP) is 6.39. The zero-order chi connectivity index (χ0) is 24.9. The molecule has 0 aliphatic heterocycles. The third kappa shape index (κ3) is 5.60. The van der Waals surface area contributed by atoms with E-state index >= 15 is 0 Å². The minimum atomic E-state index is -0.744. The molecule has 0 saturated heterocycles. The molecule has 2 N–H and O–H groups in total. The average molecular weight is 483 g/mol. The number of carboxylic acids is 1. The van der Waals surface area contributed by atoms with E-state index in [1.807, 2.05) is 67.6 Å². The van der Waals surface area contributed by atoms with Crippen LogP contribution in [0.4, 0.5) is 5.69 Å². The number of aromatic nitrogens is 1. The van der Waals surface area contributed by atoms with Crippen molar-refractivity contribution in [1.82, 2.24) is 4.98 Å². The number of benzene rings is 3. The van der Waals surface area contributed by atoms with Gasteiger partial charge in [0.2, 0.25) is 5.89 Å². The minimum Gasteiger partial charge on any atom is -0.493 e. The molecule has 0 unspecified atom stereocenters. The van der Waals surface area contributed by atoms with Crippen molar-refractivity contribution in [2.24, 2.45) is 0 Å². The Bertz CT molecular complexity index is 1330. The molecule has 1 atom stereocenters. The number of nitrogens with one attached hydrogen (secondary N) is 1. The molecule has 0 bridgehead atoms. The van der Waals surface area contributed by atoms with Gasteiger partial charge in [-0.2, -0.15) is 0 Å². The second-order valence-corrected chi connectivity index (χ2v) is 9.23. The van der Waals surface area contributed by atoms with Crippen molar-refractivity contribution >= 4 is 11.7 Å². The van der Waals surface area contributed by atoms with Crippen molar-refractivity contribution in [2.75, 3.05) is 11.9 Å². The summed E-state index contributed by atoms with van der Waals surface area (Å²) < 4.78 is 11.9. The van der Waals surface area contributed by atoms with E-state index < -0.39 is 5.97 Å². The van der Waals surface area contributed by atoms with Gasteiger partial charge < -0.3 is 19.6 Å². The van der Waals surface area contributed by atoms with Crippen LogP contribution in [0.1, 0.15) is 46.9 Å². The van der Waals surface area contributed by atoms with E-state index in [9.17, 15) is 4.79 Å². The van der Waals surface area contributed by atoms with Gasteiger partial charge in [-0.25, -0.2) is 4.98 Å². The van der Waals surface area contributed by atoms with E-state index in [1.165, 1.54) is 11.1 Å². The Morgan fingerprint density at radius 2 is 1.92 bits per heavy atom. The molecule has 4 aromatic rings. The number of hydrogen-bond acceptors (Lipinski definition) is 5. The maximum atomic E-state index is 11.1. The van der Waals surface area contributed by atoms with Gasteiger partial charge in [0.1, 0.15) is 11.5 Å². The Morgan fingerprint density at radius 1 is 1.11 bits per heavy atom. The van der Waals surface area contributed by atoms with Gasteiger partial charge in [0.25, 0.3) is 0 Å². The van der Waals surface area contributed by atoms with Crippen molar-refractivity contribution in [1.29, 1.82) is 0 Å². The second-order valence-electron chi connectivity index (χ2n) is 9.23. The summed E-state index contributed by atoms with van der Waals surface area (Å²) in [7, 11) is 0. The summed E-state index contributed by atoms with van der Waals surface area (Å²) >= 11 is 0. The number of rotatable bonds is 10.